The van der Waals surface area contributed by atoms with E-state index < -0.39 is 0 Å². The maximum absolute atomic E-state index is 6.11. The third-order valence-corrected chi connectivity index (χ3v) is 3.52. The molecule has 3 nitrogen and oxygen atoms in total. The number of nitrogens with zero attached hydrogens (tertiary/aromatic N) is 3. The van der Waals surface area contributed by atoms with Crippen molar-refractivity contribution in [1.82, 2.24) is 14.8 Å². The zero-order valence-corrected chi connectivity index (χ0v) is 12.6. The van der Waals surface area contributed by atoms with Gasteiger partial charge in [0, 0.05) is 5.92 Å². The van der Waals surface area contributed by atoms with Gasteiger partial charge < -0.3 is 0 Å². The van der Waals surface area contributed by atoms with Crippen LogP contribution in [-0.2, 0) is 6.54 Å². The Balaban J connectivity index is 2.23. The Morgan fingerprint density at radius 2 is 1.63 bits per heavy atom. The number of benzene rings is 1. The van der Waals surface area contributed by atoms with Crippen molar-refractivity contribution >= 4 is 11.6 Å². The molecule has 0 radical (unpaired) electrons. The van der Waals surface area contributed by atoms with Crippen LogP contribution in [0.3, 0.4) is 0 Å². The molecule has 0 bridgehead atoms. The van der Waals surface area contributed by atoms with Crippen molar-refractivity contribution in [2.24, 2.45) is 0 Å². The maximum atomic E-state index is 6.11. The molecule has 0 fully saturated rings. The molecule has 2 aromatic rings. The first kappa shape index (κ1) is 14.1. The van der Waals surface area contributed by atoms with Gasteiger partial charge in [-0.1, -0.05) is 52.0 Å². The fourth-order valence-electron chi connectivity index (χ4n) is 2.06. The van der Waals surface area contributed by atoms with E-state index in [1.54, 1.807) is 0 Å². The van der Waals surface area contributed by atoms with Crippen LogP contribution in [-0.4, -0.2) is 14.8 Å². The van der Waals surface area contributed by atoms with Gasteiger partial charge in [-0.25, -0.2) is 0 Å². The van der Waals surface area contributed by atoms with Gasteiger partial charge in [-0.2, -0.15) is 0 Å². The van der Waals surface area contributed by atoms with Crippen LogP contribution in [0.2, 0.25) is 5.28 Å². The lowest BCUT2D eigenvalue weighted by atomic mass is 10.0. The van der Waals surface area contributed by atoms with Gasteiger partial charge >= 0.3 is 0 Å². The van der Waals surface area contributed by atoms with Gasteiger partial charge in [0.25, 0.3) is 0 Å². The fraction of sp³-hybridized carbons (Fsp3) is 0.467. The maximum Gasteiger partial charge on any atom is 0.225 e. The van der Waals surface area contributed by atoms with Crippen molar-refractivity contribution in [3.63, 3.8) is 0 Å². The minimum absolute atomic E-state index is 0.315. The Bertz CT molecular complexity index is 541. The summed E-state index contributed by atoms with van der Waals surface area (Å²) in [7, 11) is 0. The number of hydrogen-bond donors (Lipinski definition) is 0. The molecule has 4 heteroatoms. The molecule has 0 amide bonds. The highest BCUT2D eigenvalue weighted by Gasteiger charge is 2.13. The van der Waals surface area contributed by atoms with Crippen LogP contribution in [0.15, 0.2) is 24.3 Å². The highest BCUT2D eigenvalue weighted by molar-refractivity contribution is 6.28. The number of halogens is 1. The lowest BCUT2D eigenvalue weighted by Gasteiger charge is -2.11. The topological polar surface area (TPSA) is 30.7 Å². The average Bonchev–Trinajstić information content (AvgIpc) is 2.72. The highest BCUT2D eigenvalue weighted by atomic mass is 35.5. The number of aromatic nitrogens is 3. The van der Waals surface area contributed by atoms with Gasteiger partial charge in [-0.05, 0) is 28.6 Å². The molecule has 102 valence electrons. The molecular formula is C15H20ClN3. The van der Waals surface area contributed by atoms with Crippen LogP contribution in [0.4, 0.5) is 0 Å². The summed E-state index contributed by atoms with van der Waals surface area (Å²) in [6, 6.07) is 8.64. The van der Waals surface area contributed by atoms with Crippen LogP contribution in [0.5, 0.6) is 0 Å². The van der Waals surface area contributed by atoms with Crippen molar-refractivity contribution in [2.75, 3.05) is 0 Å². The average molecular weight is 278 g/mol. The molecule has 19 heavy (non-hydrogen) atoms. The fourth-order valence-corrected chi connectivity index (χ4v) is 2.24. The minimum Gasteiger partial charge on any atom is -0.297 e. The summed E-state index contributed by atoms with van der Waals surface area (Å²) in [4.78, 5) is 0. The summed E-state index contributed by atoms with van der Waals surface area (Å²) >= 11 is 6.11. The quantitative estimate of drug-likeness (QED) is 0.837. The lowest BCUT2D eigenvalue weighted by Crippen LogP contribution is -2.07. The summed E-state index contributed by atoms with van der Waals surface area (Å²) in [6.45, 7) is 9.31. The lowest BCUT2D eigenvalue weighted by molar-refractivity contribution is 0.669. The first-order valence-corrected chi connectivity index (χ1v) is 7.04. The summed E-state index contributed by atoms with van der Waals surface area (Å²) < 4.78 is 1.97. The Kier molecular flexibility index (Phi) is 4.25. The highest BCUT2D eigenvalue weighted by Crippen LogP contribution is 2.20. The van der Waals surface area contributed by atoms with Gasteiger partial charge in [0.15, 0.2) is 0 Å². The predicted molar refractivity (Wildman–Crippen MR) is 78.8 cm³/mol. The largest absolute Gasteiger partial charge is 0.297 e. The van der Waals surface area contributed by atoms with Gasteiger partial charge in [0.05, 0.1) is 6.54 Å². The van der Waals surface area contributed by atoms with Crippen molar-refractivity contribution in [2.45, 2.75) is 46.1 Å². The van der Waals surface area contributed by atoms with E-state index in [0.717, 1.165) is 12.4 Å². The number of hydrogen-bond acceptors (Lipinski definition) is 2. The summed E-state index contributed by atoms with van der Waals surface area (Å²) in [5.74, 6) is 1.80. The third kappa shape index (κ3) is 3.16. The first-order valence-electron chi connectivity index (χ1n) is 6.66. The Morgan fingerprint density at radius 1 is 1.00 bits per heavy atom. The van der Waals surface area contributed by atoms with Crippen LogP contribution in [0, 0.1) is 0 Å². The van der Waals surface area contributed by atoms with Crippen molar-refractivity contribution in [1.29, 1.82) is 0 Å². The second kappa shape index (κ2) is 5.74. The van der Waals surface area contributed by atoms with E-state index in [9.17, 15) is 0 Å². The molecule has 0 atom stereocenters. The standard InChI is InChI=1S/C15H20ClN3/c1-10(2)13-7-5-12(6-8-13)9-19-14(11(3)4)17-18-15(19)16/h5-8,10-11H,9H2,1-4H3. The van der Waals surface area contributed by atoms with Crippen molar-refractivity contribution in [3.05, 3.63) is 46.5 Å². The van der Waals surface area contributed by atoms with E-state index >= 15 is 0 Å². The zero-order valence-electron chi connectivity index (χ0n) is 11.9. The predicted octanol–water partition coefficient (Wildman–Crippen LogP) is 4.23. The minimum atomic E-state index is 0.315. The second-order valence-electron chi connectivity index (χ2n) is 5.46. The van der Waals surface area contributed by atoms with Crippen LogP contribution in [0.1, 0.15) is 56.5 Å². The second-order valence-corrected chi connectivity index (χ2v) is 5.80. The molecule has 2 rings (SSSR count). The molecule has 0 saturated carbocycles. The molecule has 0 spiro atoms. The van der Waals surface area contributed by atoms with Crippen molar-refractivity contribution in [3.8, 4) is 0 Å². The number of rotatable bonds is 4. The SMILES string of the molecule is CC(C)c1ccc(Cn2c(Cl)nnc2C(C)C)cc1. The van der Waals surface area contributed by atoms with E-state index in [1.807, 2.05) is 4.57 Å². The third-order valence-electron chi connectivity index (χ3n) is 3.24. The van der Waals surface area contributed by atoms with Gasteiger partial charge in [-0.15, -0.1) is 10.2 Å². The molecule has 1 aromatic heterocycles. The molecule has 0 unspecified atom stereocenters. The van der Waals surface area contributed by atoms with Gasteiger partial charge in [0.2, 0.25) is 5.28 Å². The van der Waals surface area contributed by atoms with Crippen LogP contribution < -0.4 is 0 Å². The van der Waals surface area contributed by atoms with Gasteiger partial charge in [-0.3, -0.25) is 4.57 Å². The smallest absolute Gasteiger partial charge is 0.225 e. The monoisotopic (exact) mass is 277 g/mol. The molecule has 0 N–H and O–H groups in total. The molecule has 1 aromatic carbocycles. The first-order chi connectivity index (χ1) is 8.99. The molecule has 1 heterocycles. The van der Waals surface area contributed by atoms with E-state index in [2.05, 4.69) is 62.2 Å². The molecule has 0 saturated heterocycles. The molecule has 0 aliphatic heterocycles. The van der Waals surface area contributed by atoms with Gasteiger partial charge in [0.1, 0.15) is 5.82 Å². The Morgan fingerprint density at radius 3 is 2.16 bits per heavy atom. The van der Waals surface area contributed by atoms with Crippen LogP contribution >= 0.6 is 11.6 Å². The Labute approximate surface area is 119 Å². The summed E-state index contributed by atoms with van der Waals surface area (Å²) in [5.41, 5.74) is 2.57. The van der Waals surface area contributed by atoms with Crippen LogP contribution in [0.25, 0.3) is 0 Å². The zero-order chi connectivity index (χ0) is 14.0. The van der Waals surface area contributed by atoms with E-state index in [0.29, 0.717) is 17.1 Å². The Hall–Kier alpha value is -1.35. The van der Waals surface area contributed by atoms with E-state index in [-0.39, 0.29) is 0 Å². The molecule has 0 aliphatic rings. The molecular weight excluding hydrogens is 258 g/mol. The summed E-state index contributed by atoms with van der Waals surface area (Å²) in [6.07, 6.45) is 0. The summed E-state index contributed by atoms with van der Waals surface area (Å²) in [5, 5.41) is 8.55. The van der Waals surface area contributed by atoms with Crippen molar-refractivity contribution < 1.29 is 0 Å². The normalized spacial score (nSPS) is 11.5. The van der Waals surface area contributed by atoms with E-state index in [1.165, 1.54) is 11.1 Å². The van der Waals surface area contributed by atoms with E-state index in [4.69, 9.17) is 11.6 Å². The molecule has 0 aliphatic carbocycles.